The number of carbonyl (C=O) groups excluding carboxylic acids is 2. The van der Waals surface area contributed by atoms with Crippen LogP contribution >= 0.6 is 0 Å². The van der Waals surface area contributed by atoms with E-state index in [4.69, 9.17) is 15.2 Å². The van der Waals surface area contributed by atoms with Crippen molar-refractivity contribution in [3.8, 4) is 5.75 Å². The van der Waals surface area contributed by atoms with Crippen LogP contribution in [0.4, 0.5) is 15.3 Å². The van der Waals surface area contributed by atoms with Crippen LogP contribution in [0.1, 0.15) is 6.42 Å². The maximum absolute atomic E-state index is 11.7. The summed E-state index contributed by atoms with van der Waals surface area (Å²) in [4.78, 5) is 23.3. The van der Waals surface area contributed by atoms with Crippen molar-refractivity contribution in [3.63, 3.8) is 0 Å². The Labute approximate surface area is 110 Å². The molecule has 0 aromatic heterocycles. The number of hydrogen-bond acceptors (Lipinski definition) is 4. The van der Waals surface area contributed by atoms with Crippen LogP contribution in [-0.4, -0.2) is 37.4 Å². The maximum atomic E-state index is 11.7. The summed E-state index contributed by atoms with van der Waals surface area (Å²) in [5.41, 5.74) is 5.80. The molecular formula is C12H15N3O4. The predicted octanol–water partition coefficient (Wildman–Crippen LogP) is 1.34. The van der Waals surface area contributed by atoms with Gasteiger partial charge in [-0.2, -0.15) is 5.01 Å². The van der Waals surface area contributed by atoms with Crippen molar-refractivity contribution >= 4 is 17.8 Å². The lowest BCUT2D eigenvalue weighted by molar-refractivity contribution is 0.0710. The number of primary amides is 1. The average Bonchev–Trinajstić information content (AvgIpc) is 2.41. The minimum absolute atomic E-state index is 0.347. The second-order valence-electron chi connectivity index (χ2n) is 3.94. The van der Waals surface area contributed by atoms with Crippen LogP contribution in [0.2, 0.25) is 0 Å². The summed E-state index contributed by atoms with van der Waals surface area (Å²) >= 11 is 0. The van der Waals surface area contributed by atoms with Gasteiger partial charge in [0.25, 0.3) is 0 Å². The summed E-state index contributed by atoms with van der Waals surface area (Å²) in [5, 5.41) is 2.27. The standard InChI is InChI=1S/C12H15N3O4/c1-18-10-5-2-4-9(8-10)15(11(13)16)14-6-3-7-19-12(14)17/h2,4-5,8H,3,6-7H2,1H3,(H2,13,16). The number of ether oxygens (including phenoxy) is 2. The number of urea groups is 1. The monoisotopic (exact) mass is 265 g/mol. The van der Waals surface area contributed by atoms with Crippen molar-refractivity contribution in [2.75, 3.05) is 25.3 Å². The van der Waals surface area contributed by atoms with Gasteiger partial charge in [-0.05, 0) is 12.1 Å². The Morgan fingerprint density at radius 2 is 2.32 bits per heavy atom. The van der Waals surface area contributed by atoms with Crippen LogP contribution in [-0.2, 0) is 4.74 Å². The Morgan fingerprint density at radius 1 is 1.53 bits per heavy atom. The molecule has 0 saturated carbocycles. The Morgan fingerprint density at radius 3 is 2.95 bits per heavy atom. The van der Waals surface area contributed by atoms with Gasteiger partial charge >= 0.3 is 12.1 Å². The fourth-order valence-corrected chi connectivity index (χ4v) is 1.85. The van der Waals surface area contributed by atoms with E-state index in [9.17, 15) is 9.59 Å². The number of amides is 3. The molecule has 7 nitrogen and oxygen atoms in total. The van der Waals surface area contributed by atoms with Crippen molar-refractivity contribution in [1.29, 1.82) is 0 Å². The van der Waals surface area contributed by atoms with E-state index in [1.807, 2.05) is 0 Å². The van der Waals surface area contributed by atoms with Crippen molar-refractivity contribution in [2.45, 2.75) is 6.42 Å². The van der Waals surface area contributed by atoms with Crippen molar-refractivity contribution in [2.24, 2.45) is 5.73 Å². The van der Waals surface area contributed by atoms with E-state index >= 15 is 0 Å². The fraction of sp³-hybridized carbons (Fsp3) is 0.333. The maximum Gasteiger partial charge on any atom is 0.429 e. The minimum Gasteiger partial charge on any atom is -0.497 e. The van der Waals surface area contributed by atoms with Crippen LogP contribution < -0.4 is 15.5 Å². The molecule has 19 heavy (non-hydrogen) atoms. The quantitative estimate of drug-likeness (QED) is 0.893. The number of carbonyl (C=O) groups is 2. The highest BCUT2D eigenvalue weighted by Crippen LogP contribution is 2.23. The molecular weight excluding hydrogens is 250 g/mol. The van der Waals surface area contributed by atoms with Gasteiger partial charge in [0.2, 0.25) is 0 Å². The average molecular weight is 265 g/mol. The number of hydrazine groups is 1. The lowest BCUT2D eigenvalue weighted by Gasteiger charge is -2.35. The summed E-state index contributed by atoms with van der Waals surface area (Å²) in [6.45, 7) is 0.721. The Bertz CT molecular complexity index is 492. The van der Waals surface area contributed by atoms with Crippen LogP contribution in [0, 0.1) is 0 Å². The Hall–Kier alpha value is -2.44. The number of anilines is 1. The first kappa shape index (κ1) is 13.0. The molecule has 0 spiro atoms. The summed E-state index contributed by atoms with van der Waals surface area (Å²) in [6.07, 6.45) is 0.0484. The van der Waals surface area contributed by atoms with E-state index in [2.05, 4.69) is 0 Å². The third-order valence-corrected chi connectivity index (χ3v) is 2.70. The van der Waals surface area contributed by atoms with Gasteiger partial charge < -0.3 is 15.2 Å². The molecule has 3 amide bonds. The Kier molecular flexibility index (Phi) is 3.74. The lowest BCUT2D eigenvalue weighted by atomic mass is 10.3. The number of nitrogens with two attached hydrogens (primary N) is 1. The van der Waals surface area contributed by atoms with Crippen LogP contribution in [0.15, 0.2) is 24.3 Å². The van der Waals surface area contributed by atoms with Gasteiger partial charge in [-0.1, -0.05) is 6.07 Å². The molecule has 0 bridgehead atoms. The zero-order valence-electron chi connectivity index (χ0n) is 10.5. The van der Waals surface area contributed by atoms with E-state index in [1.54, 1.807) is 24.3 Å². The zero-order valence-corrected chi connectivity index (χ0v) is 10.5. The molecule has 1 aromatic carbocycles. The molecule has 0 unspecified atom stereocenters. The molecule has 1 heterocycles. The molecule has 1 aliphatic rings. The van der Waals surface area contributed by atoms with Gasteiger partial charge in [-0.15, -0.1) is 0 Å². The van der Waals surface area contributed by atoms with E-state index in [0.29, 0.717) is 31.0 Å². The lowest BCUT2D eigenvalue weighted by Crippen LogP contribution is -2.54. The number of cyclic esters (lactones) is 1. The fourth-order valence-electron chi connectivity index (χ4n) is 1.85. The van der Waals surface area contributed by atoms with Gasteiger partial charge in [-0.3, -0.25) is 0 Å². The van der Waals surface area contributed by atoms with Crippen molar-refractivity contribution in [1.82, 2.24) is 5.01 Å². The minimum atomic E-state index is -0.757. The summed E-state index contributed by atoms with van der Waals surface area (Å²) in [5.74, 6) is 0.564. The number of methoxy groups -OCH3 is 1. The van der Waals surface area contributed by atoms with Gasteiger partial charge in [0.15, 0.2) is 0 Å². The van der Waals surface area contributed by atoms with Gasteiger partial charge in [0, 0.05) is 19.0 Å². The molecule has 1 aliphatic heterocycles. The van der Waals surface area contributed by atoms with Gasteiger partial charge in [-0.25, -0.2) is 14.6 Å². The highest BCUT2D eigenvalue weighted by atomic mass is 16.6. The van der Waals surface area contributed by atoms with Crippen LogP contribution in [0.5, 0.6) is 5.75 Å². The molecule has 2 rings (SSSR count). The molecule has 2 N–H and O–H groups in total. The molecule has 1 fully saturated rings. The summed E-state index contributed by atoms with van der Waals surface area (Å²) in [6, 6.07) is 5.96. The highest BCUT2D eigenvalue weighted by Gasteiger charge is 2.29. The molecule has 102 valence electrons. The van der Waals surface area contributed by atoms with E-state index in [-0.39, 0.29) is 0 Å². The smallest absolute Gasteiger partial charge is 0.429 e. The topological polar surface area (TPSA) is 85.1 Å². The normalized spacial score (nSPS) is 14.8. The van der Waals surface area contributed by atoms with E-state index in [1.165, 1.54) is 12.1 Å². The number of hydrogen-bond donors (Lipinski definition) is 1. The first-order valence-corrected chi connectivity index (χ1v) is 5.81. The van der Waals surface area contributed by atoms with E-state index < -0.39 is 12.1 Å². The second-order valence-corrected chi connectivity index (χ2v) is 3.94. The molecule has 0 radical (unpaired) electrons. The molecule has 1 saturated heterocycles. The van der Waals surface area contributed by atoms with Crippen molar-refractivity contribution < 1.29 is 19.1 Å². The largest absolute Gasteiger partial charge is 0.497 e. The second kappa shape index (κ2) is 5.47. The number of nitrogens with zero attached hydrogens (tertiary/aromatic N) is 2. The predicted molar refractivity (Wildman–Crippen MR) is 67.7 cm³/mol. The van der Waals surface area contributed by atoms with Crippen molar-refractivity contribution in [3.05, 3.63) is 24.3 Å². The first-order chi connectivity index (χ1) is 9.13. The third-order valence-electron chi connectivity index (χ3n) is 2.70. The van der Waals surface area contributed by atoms with Gasteiger partial charge in [0.1, 0.15) is 5.75 Å². The highest BCUT2D eigenvalue weighted by molar-refractivity contribution is 5.93. The molecule has 0 atom stereocenters. The SMILES string of the molecule is COc1cccc(N(C(N)=O)N2CCCOC2=O)c1. The zero-order chi connectivity index (χ0) is 13.8. The van der Waals surface area contributed by atoms with Crippen LogP contribution in [0.3, 0.4) is 0 Å². The third kappa shape index (κ3) is 2.70. The molecule has 7 heteroatoms. The van der Waals surface area contributed by atoms with E-state index in [0.717, 1.165) is 5.01 Å². The molecule has 1 aromatic rings. The Balaban J connectivity index is 2.33. The number of benzene rings is 1. The van der Waals surface area contributed by atoms with Gasteiger partial charge in [0.05, 0.1) is 19.4 Å². The molecule has 0 aliphatic carbocycles. The summed E-state index contributed by atoms with van der Waals surface area (Å²) in [7, 11) is 1.52. The summed E-state index contributed by atoms with van der Waals surface area (Å²) < 4.78 is 9.99. The number of rotatable bonds is 3. The van der Waals surface area contributed by atoms with Crippen LogP contribution in [0.25, 0.3) is 0 Å². The first-order valence-electron chi connectivity index (χ1n) is 5.81.